The van der Waals surface area contributed by atoms with Gasteiger partial charge in [0, 0.05) is 28.4 Å². The van der Waals surface area contributed by atoms with Crippen LogP contribution in [0.1, 0.15) is 20.9 Å². The van der Waals surface area contributed by atoms with Crippen LogP contribution in [0.4, 0.5) is 24.0 Å². The molecule has 0 atom stereocenters. The lowest BCUT2D eigenvalue weighted by Crippen LogP contribution is -2.30. The van der Waals surface area contributed by atoms with E-state index in [9.17, 15) is 28.1 Å². The Bertz CT molecular complexity index is 1580. The number of rotatable bonds is 5. The zero-order valence-corrected chi connectivity index (χ0v) is 19.2. The highest BCUT2D eigenvalue weighted by Gasteiger charge is 2.34. The minimum atomic E-state index is -4.60. The van der Waals surface area contributed by atoms with Gasteiger partial charge < -0.3 is 0 Å². The molecule has 0 fully saturated rings. The fourth-order valence-corrected chi connectivity index (χ4v) is 5.53. The number of carbonyl (C=O) groups excluding carboxylic acids is 1. The molecule has 1 amide bonds. The van der Waals surface area contributed by atoms with Crippen LogP contribution < -0.4 is 4.90 Å². The van der Waals surface area contributed by atoms with E-state index in [0.29, 0.717) is 20.5 Å². The molecule has 0 aliphatic heterocycles. The van der Waals surface area contributed by atoms with E-state index in [0.717, 1.165) is 28.7 Å². The van der Waals surface area contributed by atoms with E-state index in [1.807, 2.05) is 0 Å². The summed E-state index contributed by atoms with van der Waals surface area (Å²) in [6, 6.07) is 14.7. The quantitative estimate of drug-likeness (QED) is 0.193. The van der Waals surface area contributed by atoms with Crippen molar-refractivity contribution in [3.63, 3.8) is 0 Å². The maximum Gasteiger partial charge on any atom is 0.418 e. The smallest absolute Gasteiger partial charge is 0.277 e. The average Bonchev–Trinajstić information content (AvgIpc) is 3.45. The number of alkyl halides is 3. The zero-order chi connectivity index (χ0) is 24.7. The van der Waals surface area contributed by atoms with Gasteiger partial charge in [0.15, 0.2) is 5.13 Å². The Morgan fingerprint density at radius 3 is 2.57 bits per heavy atom. The number of benzene rings is 2. The Morgan fingerprint density at radius 2 is 1.86 bits per heavy atom. The van der Waals surface area contributed by atoms with Crippen molar-refractivity contribution in [3.05, 3.63) is 93.1 Å². The van der Waals surface area contributed by atoms with Crippen molar-refractivity contribution in [3.8, 4) is 0 Å². The van der Waals surface area contributed by atoms with Crippen LogP contribution in [0.2, 0.25) is 0 Å². The van der Waals surface area contributed by atoms with Crippen LogP contribution in [0, 0.1) is 10.1 Å². The highest BCUT2D eigenvalue weighted by Crippen LogP contribution is 2.39. The first-order chi connectivity index (χ1) is 16.7. The second kappa shape index (κ2) is 8.71. The SMILES string of the molecule is O=C(c1cc2cc([N+](=O)[O-])ccc2s1)N(Cc1ccccn1)c1nc2c(C(F)(F)F)cccc2s1. The summed E-state index contributed by atoms with van der Waals surface area (Å²) in [5.74, 6) is -0.493. The number of nitrogens with zero attached hydrogens (tertiary/aromatic N) is 4. The summed E-state index contributed by atoms with van der Waals surface area (Å²) < 4.78 is 41.6. The van der Waals surface area contributed by atoms with Crippen LogP contribution in [0.25, 0.3) is 20.3 Å². The normalized spacial score (nSPS) is 11.7. The number of aromatic nitrogens is 2. The van der Waals surface area contributed by atoms with E-state index < -0.39 is 22.6 Å². The number of hydrogen-bond donors (Lipinski definition) is 0. The lowest BCUT2D eigenvalue weighted by molar-refractivity contribution is -0.384. The van der Waals surface area contributed by atoms with Gasteiger partial charge in [-0.3, -0.25) is 24.8 Å². The van der Waals surface area contributed by atoms with Crippen molar-refractivity contribution in [2.45, 2.75) is 12.7 Å². The van der Waals surface area contributed by atoms with Gasteiger partial charge in [0.25, 0.3) is 11.6 Å². The van der Waals surface area contributed by atoms with Gasteiger partial charge in [-0.05, 0) is 36.4 Å². The molecule has 5 aromatic rings. The number of para-hydroxylation sites is 1. The lowest BCUT2D eigenvalue weighted by Gasteiger charge is -2.18. The van der Waals surface area contributed by atoms with Gasteiger partial charge in [0.05, 0.1) is 37.8 Å². The molecule has 0 saturated carbocycles. The standard InChI is InChI=1S/C23H13F3N4O3S2/c24-23(25,26)16-5-3-6-18-20(16)28-22(35-18)29(12-14-4-1-2-9-27-14)21(31)19-11-13-10-15(30(32)33)7-8-17(13)34-19/h1-11H,12H2. The van der Waals surface area contributed by atoms with Crippen LogP contribution in [-0.4, -0.2) is 20.8 Å². The fourth-order valence-electron chi connectivity index (χ4n) is 3.54. The van der Waals surface area contributed by atoms with Gasteiger partial charge >= 0.3 is 6.18 Å². The van der Waals surface area contributed by atoms with Crippen LogP contribution in [0.3, 0.4) is 0 Å². The maximum absolute atomic E-state index is 13.6. The van der Waals surface area contributed by atoms with E-state index in [1.165, 1.54) is 35.2 Å². The number of nitro groups is 1. The third kappa shape index (κ3) is 4.45. The van der Waals surface area contributed by atoms with Crippen molar-refractivity contribution in [2.24, 2.45) is 0 Å². The molecule has 3 aromatic heterocycles. The predicted octanol–water partition coefficient (Wildman–Crippen LogP) is 6.68. The molecular weight excluding hydrogens is 501 g/mol. The van der Waals surface area contributed by atoms with Gasteiger partial charge in [-0.25, -0.2) is 4.98 Å². The first-order valence-electron chi connectivity index (χ1n) is 10.1. The van der Waals surface area contributed by atoms with Crippen LogP contribution >= 0.6 is 22.7 Å². The zero-order valence-electron chi connectivity index (χ0n) is 17.5. The van der Waals surface area contributed by atoms with E-state index in [2.05, 4.69) is 9.97 Å². The van der Waals surface area contributed by atoms with Crippen LogP contribution in [0.15, 0.2) is 66.9 Å². The Hall–Kier alpha value is -3.90. The third-order valence-electron chi connectivity index (χ3n) is 5.16. The van der Waals surface area contributed by atoms with Crippen molar-refractivity contribution in [2.75, 3.05) is 4.90 Å². The largest absolute Gasteiger partial charge is 0.418 e. The molecule has 0 aliphatic rings. The number of halogens is 3. The number of thiazole rings is 1. The molecule has 0 radical (unpaired) electrons. The number of thiophene rings is 1. The highest BCUT2D eigenvalue weighted by molar-refractivity contribution is 7.23. The Labute approximate surface area is 203 Å². The van der Waals surface area contributed by atoms with Crippen LogP contribution in [0.5, 0.6) is 0 Å². The van der Waals surface area contributed by atoms with E-state index >= 15 is 0 Å². The molecule has 35 heavy (non-hydrogen) atoms. The number of nitro benzene ring substituents is 1. The lowest BCUT2D eigenvalue weighted by atomic mass is 10.2. The molecule has 2 aromatic carbocycles. The summed E-state index contributed by atoms with van der Waals surface area (Å²) >= 11 is 2.11. The van der Waals surface area contributed by atoms with Crippen LogP contribution in [-0.2, 0) is 12.7 Å². The number of amides is 1. The Morgan fingerprint density at radius 1 is 1.03 bits per heavy atom. The Balaban J connectivity index is 1.61. The van der Waals surface area contributed by atoms with Gasteiger partial charge in [-0.15, -0.1) is 11.3 Å². The molecule has 0 spiro atoms. The summed E-state index contributed by atoms with van der Waals surface area (Å²) in [6.07, 6.45) is -3.04. The van der Waals surface area contributed by atoms with E-state index in [-0.39, 0.29) is 27.8 Å². The average molecular weight is 515 g/mol. The highest BCUT2D eigenvalue weighted by atomic mass is 32.1. The van der Waals surface area contributed by atoms with Gasteiger partial charge in [0.2, 0.25) is 0 Å². The number of pyridine rings is 1. The third-order valence-corrected chi connectivity index (χ3v) is 7.30. The second-order valence-electron chi connectivity index (χ2n) is 7.45. The number of non-ortho nitro benzene ring substituents is 1. The van der Waals surface area contributed by atoms with Gasteiger partial charge in [-0.2, -0.15) is 13.2 Å². The molecule has 0 saturated heterocycles. The monoisotopic (exact) mass is 514 g/mol. The van der Waals surface area contributed by atoms with Crippen molar-refractivity contribution < 1.29 is 22.9 Å². The van der Waals surface area contributed by atoms with Gasteiger partial charge in [-0.1, -0.05) is 23.5 Å². The fraction of sp³-hybridized carbons (Fsp3) is 0.0870. The van der Waals surface area contributed by atoms with Crippen molar-refractivity contribution in [1.82, 2.24) is 9.97 Å². The summed E-state index contributed by atoms with van der Waals surface area (Å²) in [6.45, 7) is -0.0186. The maximum atomic E-state index is 13.6. The topological polar surface area (TPSA) is 89.2 Å². The molecule has 176 valence electrons. The molecule has 12 heteroatoms. The first kappa shape index (κ1) is 22.9. The van der Waals surface area contributed by atoms with Crippen molar-refractivity contribution in [1.29, 1.82) is 0 Å². The van der Waals surface area contributed by atoms with Crippen molar-refractivity contribution >= 4 is 59.7 Å². The molecule has 0 aliphatic carbocycles. The summed E-state index contributed by atoms with van der Waals surface area (Å²) in [7, 11) is 0. The predicted molar refractivity (Wildman–Crippen MR) is 128 cm³/mol. The molecular formula is C23H13F3N4O3S2. The Kier molecular flexibility index (Phi) is 5.69. The minimum absolute atomic E-state index is 0.0186. The van der Waals surface area contributed by atoms with Gasteiger partial charge in [0.1, 0.15) is 0 Å². The molecule has 0 bridgehead atoms. The molecule has 0 N–H and O–H groups in total. The number of fused-ring (bicyclic) bond motifs is 2. The molecule has 5 rings (SSSR count). The van der Waals surface area contributed by atoms with E-state index in [4.69, 9.17) is 0 Å². The van der Waals surface area contributed by atoms with E-state index in [1.54, 1.807) is 30.5 Å². The molecule has 7 nitrogen and oxygen atoms in total. The summed E-state index contributed by atoms with van der Waals surface area (Å²) in [4.78, 5) is 34.2. The molecule has 3 heterocycles. The number of anilines is 1. The summed E-state index contributed by atoms with van der Waals surface area (Å²) in [5.41, 5.74) is -0.693. The second-order valence-corrected chi connectivity index (χ2v) is 9.54. The first-order valence-corrected chi connectivity index (χ1v) is 11.7. The minimum Gasteiger partial charge on any atom is -0.277 e. The number of carbonyl (C=O) groups is 1. The number of hydrogen-bond acceptors (Lipinski definition) is 7. The molecule has 0 unspecified atom stereocenters. The summed E-state index contributed by atoms with van der Waals surface area (Å²) in [5, 5.41) is 11.7.